The number of aryl methyl sites for hydroxylation is 1. The third-order valence-corrected chi connectivity index (χ3v) is 2.36. The Morgan fingerprint density at radius 1 is 1.39 bits per heavy atom. The molecule has 0 amide bonds. The van der Waals surface area contributed by atoms with Crippen LogP contribution in [-0.2, 0) is 9.53 Å². The van der Waals surface area contributed by atoms with E-state index in [9.17, 15) is 9.18 Å². The predicted molar refractivity (Wildman–Crippen MR) is 67.0 cm³/mol. The smallest absolute Gasteiger partial charge is 0.330 e. The number of hydrogen-bond acceptors (Lipinski definition) is 3. The average molecular weight is 252 g/mol. The lowest BCUT2D eigenvalue weighted by atomic mass is 10.2. The number of carbonyl (C=O) groups excluding carboxylic acids is 1. The summed E-state index contributed by atoms with van der Waals surface area (Å²) >= 11 is 0. The largest absolute Gasteiger partial charge is 0.493 e. The Hall–Kier alpha value is -1.84. The molecule has 3 nitrogen and oxygen atoms in total. The van der Waals surface area contributed by atoms with E-state index in [1.165, 1.54) is 6.07 Å². The summed E-state index contributed by atoms with van der Waals surface area (Å²) in [6.07, 6.45) is 2.57. The number of unbranched alkanes of at least 4 members (excludes halogenated alkanes) is 1. The summed E-state index contributed by atoms with van der Waals surface area (Å²) in [4.78, 5) is 10.7. The third kappa shape index (κ3) is 4.99. The molecule has 0 aromatic heterocycles. The molecule has 1 aromatic carbocycles. The van der Waals surface area contributed by atoms with Gasteiger partial charge in [-0.2, -0.15) is 0 Å². The molecule has 0 N–H and O–H groups in total. The molecular weight excluding hydrogens is 235 g/mol. The molecule has 0 atom stereocenters. The van der Waals surface area contributed by atoms with Crippen molar-refractivity contribution in [2.45, 2.75) is 19.8 Å². The molecule has 0 saturated carbocycles. The second-order valence-electron chi connectivity index (χ2n) is 3.84. The lowest BCUT2D eigenvalue weighted by molar-refractivity contribution is -0.137. The van der Waals surface area contributed by atoms with Crippen molar-refractivity contribution in [1.82, 2.24) is 0 Å². The van der Waals surface area contributed by atoms with Crippen LogP contribution in [0.3, 0.4) is 0 Å². The molecule has 0 aliphatic heterocycles. The van der Waals surface area contributed by atoms with Crippen molar-refractivity contribution in [3.05, 3.63) is 42.2 Å². The zero-order chi connectivity index (χ0) is 13.4. The Balaban J connectivity index is 2.16. The van der Waals surface area contributed by atoms with Gasteiger partial charge in [-0.25, -0.2) is 9.18 Å². The van der Waals surface area contributed by atoms with Gasteiger partial charge in [-0.05, 0) is 31.4 Å². The monoisotopic (exact) mass is 252 g/mol. The van der Waals surface area contributed by atoms with Crippen molar-refractivity contribution in [2.24, 2.45) is 0 Å². The van der Waals surface area contributed by atoms with Crippen molar-refractivity contribution >= 4 is 5.97 Å². The number of rotatable bonds is 7. The molecule has 0 aliphatic carbocycles. The van der Waals surface area contributed by atoms with Gasteiger partial charge in [0.1, 0.15) is 11.6 Å². The van der Waals surface area contributed by atoms with Crippen LogP contribution >= 0.6 is 0 Å². The van der Waals surface area contributed by atoms with Crippen molar-refractivity contribution in [1.29, 1.82) is 0 Å². The molecule has 0 radical (unpaired) electrons. The third-order valence-electron chi connectivity index (χ3n) is 2.36. The molecule has 0 aliphatic rings. The number of esters is 1. The fourth-order valence-corrected chi connectivity index (χ4v) is 1.29. The topological polar surface area (TPSA) is 35.5 Å². The van der Waals surface area contributed by atoms with E-state index in [2.05, 4.69) is 6.58 Å². The minimum absolute atomic E-state index is 0.271. The van der Waals surface area contributed by atoms with E-state index in [1.807, 2.05) is 0 Å². The second-order valence-corrected chi connectivity index (χ2v) is 3.84. The highest BCUT2D eigenvalue weighted by Crippen LogP contribution is 2.16. The van der Waals surface area contributed by atoms with Gasteiger partial charge in [-0.15, -0.1) is 0 Å². The van der Waals surface area contributed by atoms with Crippen LogP contribution in [0.15, 0.2) is 30.9 Å². The summed E-state index contributed by atoms with van der Waals surface area (Å²) in [5, 5.41) is 0. The average Bonchev–Trinajstić information content (AvgIpc) is 2.37. The van der Waals surface area contributed by atoms with Gasteiger partial charge in [-0.3, -0.25) is 0 Å². The number of ether oxygens (including phenoxy) is 2. The van der Waals surface area contributed by atoms with E-state index in [4.69, 9.17) is 9.47 Å². The Kier molecular flexibility index (Phi) is 5.91. The van der Waals surface area contributed by atoms with Gasteiger partial charge in [0.05, 0.1) is 13.2 Å². The first-order chi connectivity index (χ1) is 8.63. The fourth-order valence-electron chi connectivity index (χ4n) is 1.29. The molecule has 0 fully saturated rings. The van der Waals surface area contributed by atoms with E-state index in [0.29, 0.717) is 30.9 Å². The quantitative estimate of drug-likeness (QED) is 0.425. The first-order valence-corrected chi connectivity index (χ1v) is 5.81. The highest BCUT2D eigenvalue weighted by atomic mass is 19.1. The van der Waals surface area contributed by atoms with Crippen molar-refractivity contribution in [3.63, 3.8) is 0 Å². The normalized spacial score (nSPS) is 9.89. The molecule has 0 heterocycles. The molecule has 1 rings (SSSR count). The zero-order valence-electron chi connectivity index (χ0n) is 10.4. The summed E-state index contributed by atoms with van der Waals surface area (Å²) in [5.74, 6) is -0.176. The number of halogens is 1. The molecule has 0 unspecified atom stereocenters. The number of hydrogen-bond donors (Lipinski definition) is 0. The second kappa shape index (κ2) is 7.48. The first-order valence-electron chi connectivity index (χ1n) is 5.81. The Morgan fingerprint density at radius 2 is 2.11 bits per heavy atom. The van der Waals surface area contributed by atoms with Crippen LogP contribution in [0.4, 0.5) is 4.39 Å². The standard InChI is InChI=1S/C14H17FO3/c1-3-14(16)18-9-5-4-8-17-12-7-6-11(2)13(15)10-12/h3,6-7,10H,1,4-5,8-9H2,2H3. The van der Waals surface area contributed by atoms with Crippen LogP contribution < -0.4 is 4.74 Å². The number of carbonyl (C=O) groups is 1. The minimum Gasteiger partial charge on any atom is -0.493 e. The Bertz CT molecular complexity index is 416. The molecule has 4 heteroatoms. The van der Waals surface area contributed by atoms with Gasteiger partial charge in [-0.1, -0.05) is 12.6 Å². The molecule has 0 bridgehead atoms. The molecule has 98 valence electrons. The van der Waals surface area contributed by atoms with Gasteiger partial charge in [0.2, 0.25) is 0 Å². The molecular formula is C14H17FO3. The van der Waals surface area contributed by atoms with Gasteiger partial charge < -0.3 is 9.47 Å². The van der Waals surface area contributed by atoms with Crippen LogP contribution in [0, 0.1) is 12.7 Å². The van der Waals surface area contributed by atoms with Gasteiger partial charge in [0, 0.05) is 12.1 Å². The number of benzene rings is 1. The highest BCUT2D eigenvalue weighted by molar-refractivity contribution is 5.81. The minimum atomic E-state index is -0.420. The van der Waals surface area contributed by atoms with Gasteiger partial charge in [0.15, 0.2) is 0 Å². The predicted octanol–water partition coefficient (Wildman–Crippen LogP) is 3.02. The fraction of sp³-hybridized carbons (Fsp3) is 0.357. The van der Waals surface area contributed by atoms with Crippen molar-refractivity contribution < 1.29 is 18.7 Å². The van der Waals surface area contributed by atoms with Crippen LogP contribution in [-0.4, -0.2) is 19.2 Å². The van der Waals surface area contributed by atoms with E-state index >= 15 is 0 Å². The van der Waals surface area contributed by atoms with Crippen molar-refractivity contribution in [3.8, 4) is 5.75 Å². The maximum atomic E-state index is 13.2. The van der Waals surface area contributed by atoms with Gasteiger partial charge in [0.25, 0.3) is 0 Å². The zero-order valence-corrected chi connectivity index (χ0v) is 10.4. The SMILES string of the molecule is C=CC(=O)OCCCCOc1ccc(C)c(F)c1. The van der Waals surface area contributed by atoms with E-state index in [0.717, 1.165) is 12.5 Å². The summed E-state index contributed by atoms with van der Waals surface area (Å²) in [5.41, 5.74) is 0.596. The van der Waals surface area contributed by atoms with Crippen LogP contribution in [0.1, 0.15) is 18.4 Å². The summed E-state index contributed by atoms with van der Waals surface area (Å²) in [6.45, 7) is 5.81. The molecule has 0 spiro atoms. The van der Waals surface area contributed by atoms with E-state index < -0.39 is 5.97 Å². The van der Waals surface area contributed by atoms with E-state index in [1.54, 1.807) is 19.1 Å². The highest BCUT2D eigenvalue weighted by Gasteiger charge is 2.00. The lowest BCUT2D eigenvalue weighted by Gasteiger charge is -2.07. The van der Waals surface area contributed by atoms with Gasteiger partial charge >= 0.3 is 5.97 Å². The lowest BCUT2D eigenvalue weighted by Crippen LogP contribution is -2.04. The van der Waals surface area contributed by atoms with Crippen LogP contribution in [0.5, 0.6) is 5.75 Å². The summed E-state index contributed by atoms with van der Waals surface area (Å²) in [6, 6.07) is 4.78. The van der Waals surface area contributed by atoms with E-state index in [-0.39, 0.29) is 5.82 Å². The van der Waals surface area contributed by atoms with Crippen LogP contribution in [0.25, 0.3) is 0 Å². The maximum Gasteiger partial charge on any atom is 0.330 e. The Labute approximate surface area is 106 Å². The Morgan fingerprint density at radius 3 is 2.78 bits per heavy atom. The first kappa shape index (κ1) is 14.2. The molecule has 0 saturated heterocycles. The summed E-state index contributed by atoms with van der Waals surface area (Å²) in [7, 11) is 0. The molecule has 18 heavy (non-hydrogen) atoms. The van der Waals surface area contributed by atoms with Crippen LogP contribution in [0.2, 0.25) is 0 Å². The maximum absolute atomic E-state index is 13.2. The molecule has 1 aromatic rings. The van der Waals surface area contributed by atoms with Crippen molar-refractivity contribution in [2.75, 3.05) is 13.2 Å². The summed E-state index contributed by atoms with van der Waals surface area (Å²) < 4.78 is 23.4.